The van der Waals surface area contributed by atoms with Crippen molar-refractivity contribution in [3.63, 3.8) is 0 Å². The summed E-state index contributed by atoms with van der Waals surface area (Å²) in [5.74, 6) is -0.126. The summed E-state index contributed by atoms with van der Waals surface area (Å²) in [4.78, 5) is 22.4. The van der Waals surface area contributed by atoms with Crippen molar-refractivity contribution in [2.45, 2.75) is 32.6 Å². The molecule has 20 heavy (non-hydrogen) atoms. The van der Waals surface area contributed by atoms with Crippen molar-refractivity contribution in [3.05, 3.63) is 33.9 Å². The molecule has 0 radical (unpaired) electrons. The second-order valence-electron chi connectivity index (χ2n) is 5.54. The number of nitrogens with one attached hydrogen (secondary N) is 1. The van der Waals surface area contributed by atoms with Gasteiger partial charge in [0.2, 0.25) is 5.91 Å². The number of nitro groups is 1. The molecule has 3 N–H and O–H groups in total. The first-order chi connectivity index (χ1) is 9.46. The van der Waals surface area contributed by atoms with E-state index in [1.807, 2.05) is 0 Å². The van der Waals surface area contributed by atoms with Gasteiger partial charge in [-0.2, -0.15) is 0 Å². The van der Waals surface area contributed by atoms with Gasteiger partial charge in [-0.25, -0.2) is 0 Å². The van der Waals surface area contributed by atoms with Gasteiger partial charge in [0.15, 0.2) is 0 Å². The van der Waals surface area contributed by atoms with E-state index >= 15 is 0 Å². The zero-order valence-corrected chi connectivity index (χ0v) is 11.5. The highest BCUT2D eigenvalue weighted by atomic mass is 16.6. The largest absolute Gasteiger partial charge is 0.330 e. The molecule has 0 bridgehead atoms. The zero-order chi connectivity index (χ0) is 14.8. The average Bonchev–Trinajstić information content (AvgIpc) is 2.36. The van der Waals surface area contributed by atoms with Crippen molar-refractivity contribution in [3.8, 4) is 0 Å². The van der Waals surface area contributed by atoms with Crippen molar-refractivity contribution in [2.24, 2.45) is 11.1 Å². The SMILES string of the molecule is Cc1ccc([N+](=O)[O-])cc1NC(=O)CC1(CN)CCC1. The maximum Gasteiger partial charge on any atom is 0.271 e. The number of carbonyl (C=O) groups excluding carboxylic acids is 1. The summed E-state index contributed by atoms with van der Waals surface area (Å²) in [6.45, 7) is 2.32. The molecule has 1 amide bonds. The van der Waals surface area contributed by atoms with Crippen LogP contribution in [-0.4, -0.2) is 17.4 Å². The lowest BCUT2D eigenvalue weighted by Gasteiger charge is -2.40. The molecule has 1 saturated carbocycles. The number of rotatable bonds is 5. The molecule has 6 heteroatoms. The smallest absolute Gasteiger partial charge is 0.271 e. The van der Waals surface area contributed by atoms with Gasteiger partial charge in [-0.3, -0.25) is 14.9 Å². The number of nitro benzene ring substituents is 1. The van der Waals surface area contributed by atoms with Crippen molar-refractivity contribution in [1.29, 1.82) is 0 Å². The Balaban J connectivity index is 2.07. The maximum atomic E-state index is 12.1. The van der Waals surface area contributed by atoms with Crippen molar-refractivity contribution in [2.75, 3.05) is 11.9 Å². The van der Waals surface area contributed by atoms with Gasteiger partial charge >= 0.3 is 0 Å². The predicted molar refractivity (Wildman–Crippen MR) is 76.4 cm³/mol. The van der Waals surface area contributed by atoms with Crippen molar-refractivity contribution in [1.82, 2.24) is 0 Å². The number of hydrogen-bond acceptors (Lipinski definition) is 4. The van der Waals surface area contributed by atoms with E-state index in [1.165, 1.54) is 12.1 Å². The van der Waals surface area contributed by atoms with E-state index in [0.717, 1.165) is 24.8 Å². The van der Waals surface area contributed by atoms with Gasteiger partial charge in [0.05, 0.1) is 10.6 Å². The first kappa shape index (κ1) is 14.5. The number of amides is 1. The summed E-state index contributed by atoms with van der Waals surface area (Å²) in [7, 11) is 0. The van der Waals surface area contributed by atoms with E-state index in [9.17, 15) is 14.9 Å². The normalized spacial score (nSPS) is 16.3. The number of nitrogens with zero attached hydrogens (tertiary/aromatic N) is 1. The van der Waals surface area contributed by atoms with E-state index in [0.29, 0.717) is 18.7 Å². The minimum Gasteiger partial charge on any atom is -0.330 e. The Kier molecular flexibility index (Phi) is 4.04. The summed E-state index contributed by atoms with van der Waals surface area (Å²) >= 11 is 0. The quantitative estimate of drug-likeness (QED) is 0.637. The van der Waals surface area contributed by atoms with E-state index in [1.54, 1.807) is 13.0 Å². The number of benzene rings is 1. The highest BCUT2D eigenvalue weighted by Crippen LogP contribution is 2.43. The van der Waals surface area contributed by atoms with Gasteiger partial charge in [0.1, 0.15) is 0 Å². The Morgan fingerprint density at radius 2 is 2.20 bits per heavy atom. The van der Waals surface area contributed by atoms with Crippen LogP contribution in [0.4, 0.5) is 11.4 Å². The van der Waals surface area contributed by atoms with Gasteiger partial charge in [0.25, 0.3) is 5.69 Å². The summed E-state index contributed by atoms with van der Waals surface area (Å²) < 4.78 is 0. The van der Waals surface area contributed by atoms with Crippen LogP contribution in [0.1, 0.15) is 31.2 Å². The molecule has 0 atom stereocenters. The molecular weight excluding hydrogens is 258 g/mol. The lowest BCUT2D eigenvalue weighted by molar-refractivity contribution is -0.384. The van der Waals surface area contributed by atoms with Crippen LogP contribution in [0.15, 0.2) is 18.2 Å². The van der Waals surface area contributed by atoms with E-state index < -0.39 is 4.92 Å². The van der Waals surface area contributed by atoms with Gasteiger partial charge in [0, 0.05) is 18.6 Å². The average molecular weight is 277 g/mol. The number of carbonyl (C=O) groups is 1. The first-order valence-corrected chi connectivity index (χ1v) is 6.71. The van der Waals surface area contributed by atoms with E-state index in [-0.39, 0.29) is 17.0 Å². The van der Waals surface area contributed by atoms with Crippen molar-refractivity contribution < 1.29 is 9.72 Å². The molecule has 6 nitrogen and oxygen atoms in total. The molecule has 2 rings (SSSR count). The second kappa shape index (κ2) is 5.58. The van der Waals surface area contributed by atoms with Crippen LogP contribution in [0.3, 0.4) is 0 Å². The lowest BCUT2D eigenvalue weighted by Crippen LogP contribution is -2.40. The molecule has 108 valence electrons. The third-order valence-electron chi connectivity index (χ3n) is 4.09. The predicted octanol–water partition coefficient (Wildman–Crippen LogP) is 2.36. The Morgan fingerprint density at radius 1 is 1.50 bits per heavy atom. The summed E-state index contributed by atoms with van der Waals surface area (Å²) in [6.07, 6.45) is 3.45. The lowest BCUT2D eigenvalue weighted by atomic mass is 9.66. The third-order valence-corrected chi connectivity index (χ3v) is 4.09. The Hall–Kier alpha value is -1.95. The molecule has 1 aromatic rings. The van der Waals surface area contributed by atoms with Crippen LogP contribution < -0.4 is 11.1 Å². The van der Waals surface area contributed by atoms with Crippen LogP contribution in [0, 0.1) is 22.5 Å². The third kappa shape index (κ3) is 2.96. The molecular formula is C14H19N3O3. The number of aryl methyl sites for hydroxylation is 1. The van der Waals surface area contributed by atoms with Gasteiger partial charge in [-0.05, 0) is 37.3 Å². The molecule has 1 aromatic carbocycles. The van der Waals surface area contributed by atoms with Crippen molar-refractivity contribution >= 4 is 17.3 Å². The fraction of sp³-hybridized carbons (Fsp3) is 0.500. The summed E-state index contributed by atoms with van der Waals surface area (Å²) in [5.41, 5.74) is 6.94. The monoisotopic (exact) mass is 277 g/mol. The molecule has 1 fully saturated rings. The summed E-state index contributed by atoms with van der Waals surface area (Å²) in [5, 5.41) is 13.5. The molecule has 1 aliphatic rings. The highest BCUT2D eigenvalue weighted by molar-refractivity contribution is 5.92. The van der Waals surface area contributed by atoms with Gasteiger partial charge in [-0.15, -0.1) is 0 Å². The molecule has 0 saturated heterocycles. The highest BCUT2D eigenvalue weighted by Gasteiger charge is 2.37. The number of non-ortho nitro benzene ring substituents is 1. The summed E-state index contributed by atoms with van der Waals surface area (Å²) in [6, 6.07) is 4.46. The minimum atomic E-state index is -0.470. The minimum absolute atomic E-state index is 0.0249. The number of anilines is 1. The van der Waals surface area contributed by atoms with Crippen LogP contribution in [0.25, 0.3) is 0 Å². The van der Waals surface area contributed by atoms with Crippen LogP contribution in [-0.2, 0) is 4.79 Å². The second-order valence-corrected chi connectivity index (χ2v) is 5.54. The van der Waals surface area contributed by atoms with E-state index in [4.69, 9.17) is 5.73 Å². The Morgan fingerprint density at radius 3 is 2.70 bits per heavy atom. The standard InChI is InChI=1S/C14H19N3O3/c1-10-3-4-11(17(19)20)7-12(10)16-13(18)8-14(9-15)5-2-6-14/h3-4,7H,2,5-6,8-9,15H2,1H3,(H,16,18). The van der Waals surface area contributed by atoms with Gasteiger partial charge in [-0.1, -0.05) is 12.5 Å². The molecule has 0 unspecified atom stereocenters. The Bertz CT molecular complexity index is 533. The maximum absolute atomic E-state index is 12.1. The topological polar surface area (TPSA) is 98.3 Å². The van der Waals surface area contributed by atoms with Crippen LogP contribution in [0.2, 0.25) is 0 Å². The fourth-order valence-electron chi connectivity index (χ4n) is 2.52. The fourth-order valence-corrected chi connectivity index (χ4v) is 2.52. The molecule has 0 heterocycles. The zero-order valence-electron chi connectivity index (χ0n) is 11.5. The molecule has 0 spiro atoms. The number of nitrogens with two attached hydrogens (primary N) is 1. The molecule has 1 aliphatic carbocycles. The van der Waals surface area contributed by atoms with Crippen LogP contribution >= 0.6 is 0 Å². The van der Waals surface area contributed by atoms with Crippen LogP contribution in [0.5, 0.6) is 0 Å². The van der Waals surface area contributed by atoms with E-state index in [2.05, 4.69) is 5.32 Å². The Labute approximate surface area is 117 Å². The molecule has 0 aromatic heterocycles. The number of hydrogen-bond donors (Lipinski definition) is 2. The first-order valence-electron chi connectivity index (χ1n) is 6.71. The van der Waals surface area contributed by atoms with Gasteiger partial charge < -0.3 is 11.1 Å². The molecule has 0 aliphatic heterocycles.